The lowest BCUT2D eigenvalue weighted by atomic mass is 10.1. The van der Waals surface area contributed by atoms with Crippen molar-refractivity contribution >= 4 is 22.9 Å². The first-order valence-corrected chi connectivity index (χ1v) is 7.64. The number of benzene rings is 1. The maximum atomic E-state index is 13.5. The molecule has 1 aromatic carbocycles. The normalized spacial score (nSPS) is 14.1. The zero-order chi connectivity index (χ0) is 14.7. The van der Waals surface area contributed by atoms with Crippen LogP contribution in [0.3, 0.4) is 0 Å². The van der Waals surface area contributed by atoms with E-state index in [1.807, 2.05) is 26.0 Å². The van der Waals surface area contributed by atoms with E-state index in [9.17, 15) is 4.39 Å². The summed E-state index contributed by atoms with van der Waals surface area (Å²) < 4.78 is 19.4. The summed E-state index contributed by atoms with van der Waals surface area (Å²) in [5, 5.41) is 0.0839. The summed E-state index contributed by atoms with van der Waals surface area (Å²) in [6, 6.07) is 8.32. The molecule has 0 bridgehead atoms. The molecule has 108 valence electrons. The minimum atomic E-state index is -0.490. The lowest BCUT2D eigenvalue weighted by molar-refractivity contribution is 0.174. The number of hydrogen-bond acceptors (Lipinski definition) is 3. The minimum Gasteiger partial charge on any atom is -0.483 e. The van der Waals surface area contributed by atoms with Gasteiger partial charge >= 0.3 is 0 Å². The molecule has 0 aliphatic carbocycles. The highest BCUT2D eigenvalue weighted by molar-refractivity contribution is 7.12. The van der Waals surface area contributed by atoms with Crippen LogP contribution in [0, 0.1) is 12.7 Å². The van der Waals surface area contributed by atoms with E-state index in [0.29, 0.717) is 5.75 Å². The molecule has 0 spiro atoms. The minimum absolute atomic E-state index is 0.0839. The maximum absolute atomic E-state index is 13.5. The lowest BCUT2D eigenvalue weighted by Crippen LogP contribution is -2.30. The Morgan fingerprint density at radius 1 is 1.35 bits per heavy atom. The Kier molecular flexibility index (Phi) is 5.02. The summed E-state index contributed by atoms with van der Waals surface area (Å²) in [6.45, 7) is 4.04. The molecule has 5 heteroatoms. The second kappa shape index (κ2) is 6.57. The van der Waals surface area contributed by atoms with Crippen molar-refractivity contribution in [3.05, 3.63) is 50.9 Å². The van der Waals surface area contributed by atoms with Crippen molar-refractivity contribution in [1.82, 2.24) is 0 Å². The summed E-state index contributed by atoms with van der Waals surface area (Å²) in [5.41, 5.74) is 6.14. The Morgan fingerprint density at radius 3 is 2.65 bits per heavy atom. The number of thiophene rings is 1. The first-order valence-electron chi connectivity index (χ1n) is 6.45. The molecule has 1 aromatic heterocycles. The number of hydrogen-bond donors (Lipinski definition) is 1. The molecule has 0 saturated heterocycles. The van der Waals surface area contributed by atoms with Gasteiger partial charge in [0.1, 0.15) is 17.7 Å². The zero-order valence-electron chi connectivity index (χ0n) is 11.4. The Balaban J connectivity index is 2.25. The van der Waals surface area contributed by atoms with Crippen molar-refractivity contribution in [2.45, 2.75) is 32.4 Å². The Hall–Kier alpha value is -1.10. The first kappa shape index (κ1) is 15.3. The fraction of sp³-hybridized carbons (Fsp3) is 0.333. The average molecular weight is 314 g/mol. The highest BCUT2D eigenvalue weighted by Crippen LogP contribution is 2.31. The van der Waals surface area contributed by atoms with Crippen molar-refractivity contribution in [3.63, 3.8) is 0 Å². The molecule has 2 atom stereocenters. The smallest absolute Gasteiger partial charge is 0.148 e. The molecule has 0 saturated carbocycles. The van der Waals surface area contributed by atoms with Gasteiger partial charge in [0.2, 0.25) is 0 Å². The topological polar surface area (TPSA) is 35.2 Å². The Labute approximate surface area is 127 Å². The van der Waals surface area contributed by atoms with Gasteiger partial charge in [-0.05, 0) is 37.6 Å². The molecule has 0 aliphatic rings. The van der Waals surface area contributed by atoms with Gasteiger partial charge in [0, 0.05) is 21.9 Å². The standard InChI is InChI=1S/C15H17ClFNOS/c1-3-13(18)15(14-7-4-9(2)20-14)19-10-5-6-11(16)12(17)8-10/h4-8,13,15H,3,18H2,1-2H3. The second-order valence-corrected chi connectivity index (χ2v) is 6.36. The van der Waals surface area contributed by atoms with Crippen molar-refractivity contribution in [3.8, 4) is 5.75 Å². The van der Waals surface area contributed by atoms with Crippen LogP contribution in [0.4, 0.5) is 4.39 Å². The maximum Gasteiger partial charge on any atom is 0.148 e. The van der Waals surface area contributed by atoms with Gasteiger partial charge in [0.05, 0.1) is 5.02 Å². The molecular formula is C15H17ClFNOS. The first-order chi connectivity index (χ1) is 9.51. The summed E-state index contributed by atoms with van der Waals surface area (Å²) in [4.78, 5) is 2.24. The molecule has 0 fully saturated rings. The molecule has 2 unspecified atom stereocenters. The van der Waals surface area contributed by atoms with Crippen LogP contribution >= 0.6 is 22.9 Å². The molecule has 2 nitrogen and oxygen atoms in total. The second-order valence-electron chi connectivity index (χ2n) is 4.63. The zero-order valence-corrected chi connectivity index (χ0v) is 13.0. The van der Waals surface area contributed by atoms with Crippen LogP contribution in [0.5, 0.6) is 5.75 Å². The molecular weight excluding hydrogens is 297 g/mol. The van der Waals surface area contributed by atoms with Crippen LogP contribution in [0.2, 0.25) is 5.02 Å². The van der Waals surface area contributed by atoms with E-state index in [-0.39, 0.29) is 17.2 Å². The van der Waals surface area contributed by atoms with Crippen LogP contribution in [0.15, 0.2) is 30.3 Å². The Bertz CT molecular complexity index is 587. The fourth-order valence-corrected chi connectivity index (χ4v) is 2.97. The SMILES string of the molecule is CCC(N)C(Oc1ccc(Cl)c(F)c1)c1ccc(C)s1. The van der Waals surface area contributed by atoms with Crippen molar-refractivity contribution in [1.29, 1.82) is 0 Å². The monoisotopic (exact) mass is 313 g/mol. The number of nitrogens with two attached hydrogens (primary N) is 1. The summed E-state index contributed by atoms with van der Waals surface area (Å²) >= 11 is 7.32. The van der Waals surface area contributed by atoms with Gasteiger partial charge in [-0.1, -0.05) is 18.5 Å². The van der Waals surface area contributed by atoms with Gasteiger partial charge in [-0.25, -0.2) is 4.39 Å². The van der Waals surface area contributed by atoms with Crippen LogP contribution < -0.4 is 10.5 Å². The summed E-state index contributed by atoms with van der Waals surface area (Å²) in [5.74, 6) is -0.0535. The largest absolute Gasteiger partial charge is 0.483 e. The van der Waals surface area contributed by atoms with Gasteiger partial charge < -0.3 is 10.5 Å². The van der Waals surface area contributed by atoms with E-state index in [1.165, 1.54) is 17.0 Å². The molecule has 20 heavy (non-hydrogen) atoms. The molecule has 2 rings (SSSR count). The van der Waals surface area contributed by atoms with Crippen LogP contribution in [0.25, 0.3) is 0 Å². The van der Waals surface area contributed by atoms with E-state index in [2.05, 4.69) is 0 Å². The number of ether oxygens (including phenoxy) is 1. The van der Waals surface area contributed by atoms with E-state index in [4.69, 9.17) is 22.1 Å². The number of rotatable bonds is 5. The van der Waals surface area contributed by atoms with Gasteiger partial charge in [0.25, 0.3) is 0 Å². The third-order valence-electron chi connectivity index (χ3n) is 3.06. The molecule has 0 amide bonds. The van der Waals surface area contributed by atoms with Gasteiger partial charge in [-0.15, -0.1) is 11.3 Å². The predicted octanol–water partition coefficient (Wildman–Crippen LogP) is 4.71. The van der Waals surface area contributed by atoms with Crippen molar-refractivity contribution in [2.24, 2.45) is 5.73 Å². The third kappa shape index (κ3) is 3.51. The summed E-state index contributed by atoms with van der Waals surface area (Å²) in [6.07, 6.45) is 0.497. The molecule has 2 aromatic rings. The lowest BCUT2D eigenvalue weighted by Gasteiger charge is -2.23. The van der Waals surface area contributed by atoms with Crippen molar-refractivity contribution < 1.29 is 9.13 Å². The van der Waals surface area contributed by atoms with Crippen LogP contribution in [0.1, 0.15) is 29.2 Å². The highest BCUT2D eigenvalue weighted by atomic mass is 35.5. The highest BCUT2D eigenvalue weighted by Gasteiger charge is 2.22. The van der Waals surface area contributed by atoms with Gasteiger partial charge in [-0.2, -0.15) is 0 Å². The van der Waals surface area contributed by atoms with E-state index in [0.717, 1.165) is 11.3 Å². The molecule has 2 N–H and O–H groups in total. The van der Waals surface area contributed by atoms with Crippen molar-refractivity contribution in [2.75, 3.05) is 0 Å². The number of halogens is 2. The Morgan fingerprint density at radius 2 is 2.10 bits per heavy atom. The molecule has 1 heterocycles. The van der Waals surface area contributed by atoms with E-state index in [1.54, 1.807) is 17.4 Å². The predicted molar refractivity (Wildman–Crippen MR) is 82.1 cm³/mol. The third-order valence-corrected chi connectivity index (χ3v) is 4.42. The molecule has 0 aliphatic heterocycles. The fourth-order valence-electron chi connectivity index (χ4n) is 1.87. The van der Waals surface area contributed by atoms with Crippen LogP contribution in [-0.2, 0) is 0 Å². The average Bonchev–Trinajstić information content (AvgIpc) is 2.85. The van der Waals surface area contributed by atoms with E-state index < -0.39 is 5.82 Å². The molecule has 0 radical (unpaired) electrons. The van der Waals surface area contributed by atoms with E-state index >= 15 is 0 Å². The quantitative estimate of drug-likeness (QED) is 0.868. The van der Waals surface area contributed by atoms with Crippen LogP contribution in [-0.4, -0.2) is 6.04 Å². The van der Waals surface area contributed by atoms with Gasteiger partial charge in [0.15, 0.2) is 0 Å². The summed E-state index contributed by atoms with van der Waals surface area (Å²) in [7, 11) is 0. The van der Waals surface area contributed by atoms with Gasteiger partial charge in [-0.3, -0.25) is 0 Å². The number of aryl methyl sites for hydroxylation is 1.